The van der Waals surface area contributed by atoms with E-state index >= 15 is 0 Å². The van der Waals surface area contributed by atoms with Gasteiger partial charge in [-0.1, -0.05) is 0 Å². The second kappa shape index (κ2) is 5.45. The van der Waals surface area contributed by atoms with E-state index in [0.29, 0.717) is 13.2 Å². The molecule has 4 nitrogen and oxygen atoms in total. The second-order valence-corrected chi connectivity index (χ2v) is 4.58. The smallest absolute Gasteiger partial charge is 0.179 e. The van der Waals surface area contributed by atoms with Crippen LogP contribution in [0.15, 0.2) is 18.2 Å². The van der Waals surface area contributed by atoms with Gasteiger partial charge in [-0.05, 0) is 39.1 Å². The van der Waals surface area contributed by atoms with Crippen molar-refractivity contribution in [3.63, 3.8) is 0 Å². The molecular formula is C15H20N2O2. The van der Waals surface area contributed by atoms with Crippen LogP contribution in [0, 0.1) is 6.92 Å². The number of carbonyl (C=O) groups is 1. The Morgan fingerprint density at radius 3 is 2.79 bits per heavy atom. The van der Waals surface area contributed by atoms with E-state index in [1.807, 2.05) is 43.7 Å². The number of carbonyl (C=O) groups excluding carboxylic acids is 1. The molecule has 19 heavy (non-hydrogen) atoms. The van der Waals surface area contributed by atoms with Crippen LogP contribution in [-0.2, 0) is 7.05 Å². The zero-order valence-electron chi connectivity index (χ0n) is 11.9. The van der Waals surface area contributed by atoms with Gasteiger partial charge in [-0.25, -0.2) is 0 Å². The fraction of sp³-hybridized carbons (Fsp3) is 0.400. The third kappa shape index (κ3) is 2.36. The standard InChI is InChI=1S/C15H20N2O2/c1-5-19-11-6-7-13-12(8-11)15(10(2)17(13)4)14(18)9-16-3/h6-8,16H,5,9H2,1-4H3. The summed E-state index contributed by atoms with van der Waals surface area (Å²) in [7, 11) is 3.76. The first-order valence-corrected chi connectivity index (χ1v) is 6.49. The van der Waals surface area contributed by atoms with E-state index in [1.54, 1.807) is 7.05 Å². The molecule has 0 amide bonds. The minimum Gasteiger partial charge on any atom is -0.494 e. The van der Waals surface area contributed by atoms with Crippen molar-refractivity contribution in [2.45, 2.75) is 13.8 Å². The number of aryl methyl sites for hydroxylation is 1. The van der Waals surface area contributed by atoms with Crippen LogP contribution in [0.4, 0.5) is 0 Å². The number of aromatic nitrogens is 1. The van der Waals surface area contributed by atoms with Gasteiger partial charge in [-0.2, -0.15) is 0 Å². The zero-order chi connectivity index (χ0) is 14.0. The van der Waals surface area contributed by atoms with Crippen molar-refractivity contribution in [2.24, 2.45) is 7.05 Å². The monoisotopic (exact) mass is 260 g/mol. The van der Waals surface area contributed by atoms with Crippen molar-refractivity contribution in [1.82, 2.24) is 9.88 Å². The molecule has 0 fully saturated rings. The van der Waals surface area contributed by atoms with Crippen molar-refractivity contribution >= 4 is 16.7 Å². The largest absolute Gasteiger partial charge is 0.494 e. The lowest BCUT2D eigenvalue weighted by Crippen LogP contribution is -2.19. The number of rotatable bonds is 5. The fourth-order valence-electron chi connectivity index (χ4n) is 2.41. The van der Waals surface area contributed by atoms with Crippen LogP contribution < -0.4 is 10.1 Å². The number of nitrogens with one attached hydrogen (secondary N) is 1. The summed E-state index contributed by atoms with van der Waals surface area (Å²) < 4.78 is 7.57. The number of likely N-dealkylation sites (N-methyl/N-ethyl adjacent to an activating group) is 1. The van der Waals surface area contributed by atoms with Gasteiger partial charge in [0.05, 0.1) is 13.2 Å². The predicted octanol–water partition coefficient (Wildman–Crippen LogP) is 2.29. The van der Waals surface area contributed by atoms with Crippen molar-refractivity contribution < 1.29 is 9.53 Å². The fourth-order valence-corrected chi connectivity index (χ4v) is 2.41. The quantitative estimate of drug-likeness (QED) is 0.839. The van der Waals surface area contributed by atoms with Gasteiger partial charge in [0.2, 0.25) is 0 Å². The third-order valence-corrected chi connectivity index (χ3v) is 3.39. The number of ketones is 1. The number of nitrogens with zero attached hydrogens (tertiary/aromatic N) is 1. The molecule has 0 unspecified atom stereocenters. The van der Waals surface area contributed by atoms with E-state index in [2.05, 4.69) is 5.32 Å². The average Bonchev–Trinajstić information content (AvgIpc) is 2.62. The van der Waals surface area contributed by atoms with Gasteiger partial charge in [0.1, 0.15) is 5.75 Å². The topological polar surface area (TPSA) is 43.3 Å². The summed E-state index contributed by atoms with van der Waals surface area (Å²) in [5.41, 5.74) is 2.83. The molecule has 2 aromatic rings. The first kappa shape index (κ1) is 13.6. The lowest BCUT2D eigenvalue weighted by molar-refractivity contribution is 0.0994. The molecule has 1 heterocycles. The highest BCUT2D eigenvalue weighted by Crippen LogP contribution is 2.28. The molecule has 0 radical (unpaired) electrons. The summed E-state index contributed by atoms with van der Waals surface area (Å²) in [6.45, 7) is 4.90. The van der Waals surface area contributed by atoms with Crippen LogP contribution in [-0.4, -0.2) is 30.5 Å². The SMILES string of the molecule is CCOc1ccc2c(c1)c(C(=O)CNC)c(C)n2C. The molecular weight excluding hydrogens is 240 g/mol. The molecule has 4 heteroatoms. The van der Waals surface area contributed by atoms with E-state index < -0.39 is 0 Å². The van der Waals surface area contributed by atoms with Gasteiger partial charge in [0.15, 0.2) is 5.78 Å². The molecule has 0 saturated carbocycles. The van der Waals surface area contributed by atoms with E-state index in [9.17, 15) is 4.79 Å². The third-order valence-electron chi connectivity index (χ3n) is 3.39. The van der Waals surface area contributed by atoms with Gasteiger partial charge in [-0.15, -0.1) is 0 Å². The van der Waals surface area contributed by atoms with Crippen LogP contribution in [0.5, 0.6) is 5.75 Å². The highest BCUT2D eigenvalue weighted by atomic mass is 16.5. The van der Waals surface area contributed by atoms with Crippen molar-refractivity contribution in [1.29, 1.82) is 0 Å². The molecule has 0 saturated heterocycles. The van der Waals surface area contributed by atoms with Gasteiger partial charge in [0, 0.05) is 29.2 Å². The summed E-state index contributed by atoms with van der Waals surface area (Å²) in [4.78, 5) is 12.2. The number of fused-ring (bicyclic) bond motifs is 1. The Balaban J connectivity index is 2.63. The van der Waals surface area contributed by atoms with Gasteiger partial charge >= 0.3 is 0 Å². The maximum atomic E-state index is 12.2. The first-order chi connectivity index (χ1) is 9.10. The molecule has 0 aliphatic carbocycles. The molecule has 0 aliphatic heterocycles. The lowest BCUT2D eigenvalue weighted by atomic mass is 10.1. The van der Waals surface area contributed by atoms with Gasteiger partial charge in [-0.3, -0.25) is 4.79 Å². The van der Waals surface area contributed by atoms with Crippen molar-refractivity contribution in [3.8, 4) is 5.75 Å². The average molecular weight is 260 g/mol. The summed E-state index contributed by atoms with van der Waals surface area (Å²) in [6, 6.07) is 5.90. The predicted molar refractivity (Wildman–Crippen MR) is 77.1 cm³/mol. The van der Waals surface area contributed by atoms with Crippen LogP contribution in [0.1, 0.15) is 23.0 Å². The van der Waals surface area contributed by atoms with Gasteiger partial charge < -0.3 is 14.6 Å². The van der Waals surface area contributed by atoms with E-state index in [1.165, 1.54) is 0 Å². The Labute approximate surface area is 113 Å². The Morgan fingerprint density at radius 1 is 1.42 bits per heavy atom. The molecule has 2 rings (SSSR count). The number of hydrogen-bond donors (Lipinski definition) is 1. The summed E-state index contributed by atoms with van der Waals surface area (Å²) in [5.74, 6) is 0.915. The van der Waals surface area contributed by atoms with E-state index in [-0.39, 0.29) is 5.78 Å². The highest BCUT2D eigenvalue weighted by molar-refractivity contribution is 6.10. The minimum absolute atomic E-state index is 0.110. The number of ether oxygens (including phenoxy) is 1. The van der Waals surface area contributed by atoms with Crippen LogP contribution >= 0.6 is 0 Å². The summed E-state index contributed by atoms with van der Waals surface area (Å²) in [6.07, 6.45) is 0. The molecule has 0 bridgehead atoms. The molecule has 1 aromatic carbocycles. The molecule has 102 valence electrons. The normalized spacial score (nSPS) is 10.9. The number of hydrogen-bond acceptors (Lipinski definition) is 3. The maximum absolute atomic E-state index is 12.2. The van der Waals surface area contributed by atoms with E-state index in [4.69, 9.17) is 4.74 Å². The van der Waals surface area contributed by atoms with Crippen molar-refractivity contribution in [2.75, 3.05) is 20.2 Å². The molecule has 0 aliphatic rings. The molecule has 0 spiro atoms. The van der Waals surface area contributed by atoms with Gasteiger partial charge in [0.25, 0.3) is 0 Å². The number of benzene rings is 1. The van der Waals surface area contributed by atoms with Crippen LogP contribution in [0.25, 0.3) is 10.9 Å². The maximum Gasteiger partial charge on any atom is 0.179 e. The Bertz CT molecular complexity index is 614. The minimum atomic E-state index is 0.110. The van der Waals surface area contributed by atoms with Crippen molar-refractivity contribution in [3.05, 3.63) is 29.5 Å². The Hall–Kier alpha value is -1.81. The molecule has 1 N–H and O–H groups in total. The van der Waals surface area contributed by atoms with Crippen LogP contribution in [0.3, 0.4) is 0 Å². The first-order valence-electron chi connectivity index (χ1n) is 6.49. The molecule has 0 atom stereocenters. The Kier molecular flexibility index (Phi) is 3.90. The summed E-state index contributed by atoms with van der Waals surface area (Å²) in [5, 5.41) is 3.88. The second-order valence-electron chi connectivity index (χ2n) is 4.58. The number of Topliss-reactive ketones (excluding diaryl/α,β-unsaturated/α-hetero) is 1. The summed E-state index contributed by atoms with van der Waals surface area (Å²) >= 11 is 0. The lowest BCUT2D eigenvalue weighted by Gasteiger charge is -2.04. The molecule has 1 aromatic heterocycles. The zero-order valence-corrected chi connectivity index (χ0v) is 11.9. The Morgan fingerprint density at radius 2 is 2.16 bits per heavy atom. The van der Waals surface area contributed by atoms with Crippen LogP contribution in [0.2, 0.25) is 0 Å². The highest BCUT2D eigenvalue weighted by Gasteiger charge is 2.18. The van der Waals surface area contributed by atoms with E-state index in [0.717, 1.165) is 27.9 Å².